The summed E-state index contributed by atoms with van der Waals surface area (Å²) in [5.41, 5.74) is 24.8. The molecule has 59 heavy (non-hydrogen) atoms. The quantitative estimate of drug-likeness (QED) is 0.162. The Labute approximate surface area is 347 Å². The van der Waals surface area contributed by atoms with Crippen molar-refractivity contribution in [3.63, 3.8) is 0 Å². The molecule has 7 aromatic carbocycles. The molecule has 3 unspecified atom stereocenters. The number of fused-ring (bicyclic) bond motifs is 22. The standard InChI is InChI=1S/C56H45BN2/c1-3-13-38(14-4-1)58-48-28-27-44-50(40-17-7-9-19-42(40)55(44)32-34-23-25-36(55)29-34)52(48)57-46-21-11-12-22-47(46)59(39-15-5-2-6-16-39)54-51-41-18-8-10-20-43(41)56(33-35-24-26-37(56)30-35)45(51)31-49(58)53(54)57/h1-22,27-28,31,34-37H,23-26,29-30,32-33H2/t34?,35-,36?,37?,55+,56+/m1/s1. The highest BCUT2D eigenvalue weighted by atomic mass is 15.2. The molecule has 4 fully saturated rings. The first-order valence-corrected chi connectivity index (χ1v) is 22.6. The Bertz CT molecular complexity index is 2970. The van der Waals surface area contributed by atoms with E-state index in [0.717, 1.165) is 17.8 Å². The highest BCUT2D eigenvalue weighted by Gasteiger charge is 2.61. The molecule has 2 heterocycles. The molecule has 6 atom stereocenters. The number of hydrogen-bond acceptors (Lipinski definition) is 2. The zero-order chi connectivity index (χ0) is 38.2. The Balaban J connectivity index is 1.13. The van der Waals surface area contributed by atoms with Crippen LogP contribution < -0.4 is 26.2 Å². The van der Waals surface area contributed by atoms with Crippen LogP contribution in [0.2, 0.25) is 0 Å². The van der Waals surface area contributed by atoms with Crippen LogP contribution in [0, 0.1) is 23.7 Å². The minimum absolute atomic E-state index is 0.0445. The largest absolute Gasteiger partial charge is 0.311 e. The van der Waals surface area contributed by atoms with E-state index in [4.69, 9.17) is 0 Å². The van der Waals surface area contributed by atoms with Gasteiger partial charge in [0.05, 0.1) is 5.69 Å². The molecule has 0 N–H and O–H groups in total. The average Bonchev–Trinajstić information content (AvgIpc) is 4.17. The lowest BCUT2D eigenvalue weighted by atomic mass is 9.32. The van der Waals surface area contributed by atoms with Gasteiger partial charge < -0.3 is 9.80 Å². The van der Waals surface area contributed by atoms with Crippen LogP contribution in [0.5, 0.6) is 0 Å². The van der Waals surface area contributed by atoms with Gasteiger partial charge in [-0.25, -0.2) is 0 Å². The minimum atomic E-state index is 0.0445. The number of para-hydroxylation sites is 3. The zero-order valence-corrected chi connectivity index (χ0v) is 33.4. The molecule has 0 radical (unpaired) electrons. The maximum Gasteiger partial charge on any atom is 0.252 e. The fourth-order valence-corrected chi connectivity index (χ4v) is 15.5. The van der Waals surface area contributed by atoms with Crippen LogP contribution in [0.1, 0.15) is 73.6 Å². The summed E-state index contributed by atoms with van der Waals surface area (Å²) in [6, 6.07) is 59.4. The van der Waals surface area contributed by atoms with Crippen LogP contribution in [0.15, 0.2) is 152 Å². The highest BCUT2D eigenvalue weighted by Crippen LogP contribution is 2.69. The van der Waals surface area contributed by atoms with E-state index < -0.39 is 0 Å². The number of benzene rings is 7. The summed E-state index contributed by atoms with van der Waals surface area (Å²) in [6.45, 7) is 0.0805. The normalized spacial score (nSPS) is 27.5. The molecule has 0 amide bonds. The Morgan fingerprint density at radius 1 is 0.441 bits per heavy atom. The summed E-state index contributed by atoms with van der Waals surface area (Å²) in [4.78, 5) is 5.40. The van der Waals surface area contributed by atoms with Crippen LogP contribution in [-0.2, 0) is 10.8 Å². The van der Waals surface area contributed by atoms with E-state index in [2.05, 4.69) is 161 Å². The van der Waals surface area contributed by atoms with Gasteiger partial charge in [0.25, 0.3) is 6.71 Å². The van der Waals surface area contributed by atoms with Gasteiger partial charge in [-0.05, 0) is 160 Å². The van der Waals surface area contributed by atoms with Gasteiger partial charge in [0, 0.05) is 44.8 Å². The van der Waals surface area contributed by atoms with Crippen LogP contribution in [0.25, 0.3) is 22.3 Å². The summed E-state index contributed by atoms with van der Waals surface area (Å²) >= 11 is 0. The molecule has 15 rings (SSSR count). The summed E-state index contributed by atoms with van der Waals surface area (Å²) in [7, 11) is 0. The molecule has 7 aromatic rings. The second kappa shape index (κ2) is 11.1. The van der Waals surface area contributed by atoms with E-state index >= 15 is 0 Å². The maximum atomic E-state index is 2.74. The molecule has 6 aliphatic carbocycles. The fraction of sp³-hybridized carbons (Fsp3) is 0.250. The zero-order valence-electron chi connectivity index (χ0n) is 33.4. The van der Waals surface area contributed by atoms with Crippen LogP contribution >= 0.6 is 0 Å². The third-order valence-electron chi connectivity index (χ3n) is 17.4. The van der Waals surface area contributed by atoms with Gasteiger partial charge in [-0.1, -0.05) is 122 Å². The van der Waals surface area contributed by atoms with Crippen molar-refractivity contribution in [1.29, 1.82) is 0 Å². The smallest absolute Gasteiger partial charge is 0.252 e. The first-order valence-electron chi connectivity index (χ1n) is 22.6. The van der Waals surface area contributed by atoms with Gasteiger partial charge in [0.1, 0.15) is 0 Å². The highest BCUT2D eigenvalue weighted by molar-refractivity contribution is 7.01. The van der Waals surface area contributed by atoms with Gasteiger partial charge in [0.15, 0.2) is 0 Å². The molecule has 282 valence electrons. The topological polar surface area (TPSA) is 6.48 Å². The minimum Gasteiger partial charge on any atom is -0.311 e. The molecule has 2 aliphatic heterocycles. The second-order valence-electron chi connectivity index (χ2n) is 19.5. The lowest BCUT2D eigenvalue weighted by Crippen LogP contribution is -2.62. The second-order valence-corrected chi connectivity index (χ2v) is 19.5. The molecule has 3 heteroatoms. The van der Waals surface area contributed by atoms with Crippen molar-refractivity contribution in [3.8, 4) is 22.3 Å². The molecular formula is C56H45BN2. The van der Waals surface area contributed by atoms with E-state index in [1.54, 1.807) is 22.3 Å². The number of anilines is 6. The summed E-state index contributed by atoms with van der Waals surface area (Å²) < 4.78 is 0. The van der Waals surface area contributed by atoms with Gasteiger partial charge in [-0.3, -0.25) is 0 Å². The van der Waals surface area contributed by atoms with Gasteiger partial charge >= 0.3 is 0 Å². The Morgan fingerprint density at radius 2 is 1.02 bits per heavy atom. The molecule has 4 bridgehead atoms. The molecule has 0 aromatic heterocycles. The van der Waals surface area contributed by atoms with Crippen molar-refractivity contribution in [3.05, 3.63) is 174 Å². The number of nitrogens with zero attached hydrogens (tertiary/aromatic N) is 2. The van der Waals surface area contributed by atoms with Crippen molar-refractivity contribution in [2.24, 2.45) is 23.7 Å². The molecule has 8 aliphatic rings. The molecule has 2 nitrogen and oxygen atoms in total. The molecular weight excluding hydrogens is 711 g/mol. The van der Waals surface area contributed by atoms with Crippen molar-refractivity contribution in [1.82, 2.24) is 0 Å². The monoisotopic (exact) mass is 756 g/mol. The summed E-state index contributed by atoms with van der Waals surface area (Å²) in [5.74, 6) is 3.03. The van der Waals surface area contributed by atoms with Gasteiger partial charge in [-0.2, -0.15) is 0 Å². The first-order chi connectivity index (χ1) is 29.2. The first kappa shape index (κ1) is 32.1. The van der Waals surface area contributed by atoms with Crippen LogP contribution in [0.4, 0.5) is 34.1 Å². The third-order valence-corrected chi connectivity index (χ3v) is 17.4. The van der Waals surface area contributed by atoms with Crippen molar-refractivity contribution in [2.45, 2.75) is 62.2 Å². The molecule has 0 saturated heterocycles. The van der Waals surface area contributed by atoms with Crippen molar-refractivity contribution < 1.29 is 0 Å². The maximum absolute atomic E-state index is 2.74. The third kappa shape index (κ3) is 3.71. The van der Waals surface area contributed by atoms with Gasteiger partial charge in [0.2, 0.25) is 0 Å². The number of rotatable bonds is 2. The lowest BCUT2D eigenvalue weighted by molar-refractivity contribution is 0.327. The Morgan fingerprint density at radius 3 is 1.66 bits per heavy atom. The Hall–Kier alpha value is -5.80. The predicted molar refractivity (Wildman–Crippen MR) is 244 cm³/mol. The summed E-state index contributed by atoms with van der Waals surface area (Å²) in [6.07, 6.45) is 10.8. The van der Waals surface area contributed by atoms with E-state index in [9.17, 15) is 0 Å². The SMILES string of the molecule is c1ccc(N2c3ccc4c(c3B3c5ccccc5N(c5ccccc5)c5c3c2cc2c5-c3ccccc3[C@@]23C[C@@H]2CCC3C2)-c2ccccc2[C@@]42CC3CCC2C3)cc1. The van der Waals surface area contributed by atoms with E-state index in [1.165, 1.54) is 124 Å². The van der Waals surface area contributed by atoms with Crippen molar-refractivity contribution >= 4 is 57.2 Å². The average molecular weight is 757 g/mol. The Kier molecular flexibility index (Phi) is 6.02. The van der Waals surface area contributed by atoms with Gasteiger partial charge in [-0.15, -0.1) is 0 Å². The summed E-state index contributed by atoms with van der Waals surface area (Å²) in [5, 5.41) is 0. The molecule has 4 saturated carbocycles. The fourth-order valence-electron chi connectivity index (χ4n) is 15.5. The predicted octanol–water partition coefficient (Wildman–Crippen LogP) is 11.9. The van der Waals surface area contributed by atoms with E-state index in [-0.39, 0.29) is 17.5 Å². The van der Waals surface area contributed by atoms with E-state index in [0.29, 0.717) is 5.92 Å². The molecule has 2 spiro atoms. The van der Waals surface area contributed by atoms with Crippen LogP contribution in [0.3, 0.4) is 0 Å². The number of hydrogen-bond donors (Lipinski definition) is 0. The van der Waals surface area contributed by atoms with Crippen molar-refractivity contribution in [2.75, 3.05) is 9.80 Å². The van der Waals surface area contributed by atoms with Crippen LogP contribution in [-0.4, -0.2) is 6.71 Å². The van der Waals surface area contributed by atoms with E-state index in [1.807, 2.05) is 0 Å². The lowest BCUT2D eigenvalue weighted by Gasteiger charge is -2.47.